The molecule has 0 aliphatic heterocycles. The van der Waals surface area contributed by atoms with Crippen LogP contribution in [0.15, 0.2) is 53.2 Å². The molecule has 4 aromatic rings. The number of carbonyl (C=O) groups is 1. The van der Waals surface area contributed by atoms with Crippen LogP contribution in [0.1, 0.15) is 49.3 Å². The minimum Gasteiger partial charge on any atom is -0.481 e. The first-order valence-corrected chi connectivity index (χ1v) is 10.8. The molecule has 1 aliphatic rings. The van der Waals surface area contributed by atoms with Gasteiger partial charge in [-0.15, -0.1) is 0 Å². The average Bonchev–Trinajstić information content (AvgIpc) is 3.51. The van der Waals surface area contributed by atoms with Crippen LogP contribution >= 0.6 is 0 Å². The van der Waals surface area contributed by atoms with Gasteiger partial charge in [0.2, 0.25) is 5.82 Å². The van der Waals surface area contributed by atoms with Crippen molar-refractivity contribution in [1.82, 2.24) is 14.7 Å². The van der Waals surface area contributed by atoms with Gasteiger partial charge in [0.25, 0.3) is 5.89 Å². The van der Waals surface area contributed by atoms with Gasteiger partial charge < -0.3 is 14.2 Å². The van der Waals surface area contributed by atoms with Crippen LogP contribution in [-0.2, 0) is 11.2 Å². The lowest BCUT2D eigenvalue weighted by atomic mass is 10.0. The van der Waals surface area contributed by atoms with E-state index < -0.39 is 5.97 Å². The number of hydrogen-bond acceptors (Lipinski definition) is 4. The van der Waals surface area contributed by atoms with E-state index >= 15 is 0 Å². The summed E-state index contributed by atoms with van der Waals surface area (Å²) >= 11 is 0. The Kier molecular flexibility index (Phi) is 5.06. The predicted octanol–water partition coefficient (Wildman–Crippen LogP) is 5.80. The Balaban J connectivity index is 1.40. The standard InChI is InChI=1S/C25H25N3O3/c1-16-14-17(7-11-23(29)30)6-9-21(16)24-26-25(31-27-24)19-8-10-22-18(15-19)12-13-28(22)20-4-2-3-5-20/h6,8-10,12-15,20H,2-5,7,11H2,1H3,(H,29,30). The molecule has 0 radical (unpaired) electrons. The average molecular weight is 415 g/mol. The van der Waals surface area contributed by atoms with Crippen LogP contribution in [0.3, 0.4) is 0 Å². The fourth-order valence-electron chi connectivity index (χ4n) is 4.63. The molecule has 1 N–H and O–H groups in total. The maximum absolute atomic E-state index is 10.8. The number of nitrogens with zero attached hydrogens (tertiary/aromatic N) is 3. The molecular weight excluding hydrogens is 390 g/mol. The van der Waals surface area contributed by atoms with Gasteiger partial charge in [-0.3, -0.25) is 4.79 Å². The van der Waals surface area contributed by atoms with E-state index in [2.05, 4.69) is 39.1 Å². The summed E-state index contributed by atoms with van der Waals surface area (Å²) in [5.41, 5.74) is 5.04. The molecule has 2 aromatic heterocycles. The lowest BCUT2D eigenvalue weighted by Crippen LogP contribution is -2.02. The topological polar surface area (TPSA) is 81.1 Å². The van der Waals surface area contributed by atoms with Crippen molar-refractivity contribution in [3.8, 4) is 22.8 Å². The van der Waals surface area contributed by atoms with Crippen molar-refractivity contribution in [3.05, 3.63) is 59.8 Å². The second-order valence-electron chi connectivity index (χ2n) is 8.40. The van der Waals surface area contributed by atoms with E-state index in [9.17, 15) is 4.79 Å². The van der Waals surface area contributed by atoms with Crippen molar-refractivity contribution in [2.45, 2.75) is 51.5 Å². The van der Waals surface area contributed by atoms with Gasteiger partial charge in [0.15, 0.2) is 0 Å². The maximum atomic E-state index is 10.8. The normalized spacial score (nSPS) is 14.5. The lowest BCUT2D eigenvalue weighted by Gasteiger charge is -2.13. The Labute approximate surface area is 180 Å². The van der Waals surface area contributed by atoms with Crippen LogP contribution in [0.4, 0.5) is 0 Å². The van der Waals surface area contributed by atoms with Gasteiger partial charge in [0.05, 0.1) is 0 Å². The van der Waals surface area contributed by atoms with Gasteiger partial charge in [-0.05, 0) is 61.6 Å². The van der Waals surface area contributed by atoms with Gasteiger partial charge in [-0.1, -0.05) is 36.2 Å². The van der Waals surface area contributed by atoms with Crippen molar-refractivity contribution in [2.24, 2.45) is 0 Å². The minimum atomic E-state index is -0.792. The Morgan fingerprint density at radius 1 is 1.16 bits per heavy atom. The molecule has 0 spiro atoms. The first-order valence-electron chi connectivity index (χ1n) is 10.8. The van der Waals surface area contributed by atoms with Gasteiger partial charge in [0.1, 0.15) is 0 Å². The molecule has 1 saturated carbocycles. The van der Waals surface area contributed by atoms with Crippen LogP contribution < -0.4 is 0 Å². The summed E-state index contributed by atoms with van der Waals surface area (Å²) in [4.78, 5) is 15.4. The van der Waals surface area contributed by atoms with Gasteiger partial charge in [0, 0.05) is 40.7 Å². The van der Waals surface area contributed by atoms with E-state index in [0.29, 0.717) is 24.2 Å². The van der Waals surface area contributed by atoms with Crippen molar-refractivity contribution in [3.63, 3.8) is 0 Å². The summed E-state index contributed by atoms with van der Waals surface area (Å²) in [6, 6.07) is 14.9. The van der Waals surface area contributed by atoms with E-state index in [1.54, 1.807) is 0 Å². The van der Waals surface area contributed by atoms with Crippen LogP contribution in [0.5, 0.6) is 0 Å². The third kappa shape index (κ3) is 3.85. The van der Waals surface area contributed by atoms with Crippen molar-refractivity contribution in [1.29, 1.82) is 0 Å². The second kappa shape index (κ2) is 8.02. The highest BCUT2D eigenvalue weighted by Crippen LogP contribution is 2.34. The van der Waals surface area contributed by atoms with E-state index in [4.69, 9.17) is 9.63 Å². The number of carboxylic acid groups (broad SMARTS) is 1. The molecule has 2 heterocycles. The molecule has 31 heavy (non-hydrogen) atoms. The fraction of sp³-hybridized carbons (Fsp3) is 0.320. The summed E-state index contributed by atoms with van der Waals surface area (Å²) in [5.74, 6) is 0.251. The molecule has 6 heteroatoms. The van der Waals surface area contributed by atoms with E-state index in [1.165, 1.54) is 36.6 Å². The molecule has 6 nitrogen and oxygen atoms in total. The maximum Gasteiger partial charge on any atom is 0.303 e. The monoisotopic (exact) mass is 415 g/mol. The zero-order valence-electron chi connectivity index (χ0n) is 17.5. The van der Waals surface area contributed by atoms with Crippen LogP contribution in [0.25, 0.3) is 33.7 Å². The number of hydrogen-bond donors (Lipinski definition) is 1. The largest absolute Gasteiger partial charge is 0.481 e. The zero-order chi connectivity index (χ0) is 21.4. The summed E-state index contributed by atoms with van der Waals surface area (Å²) in [6.45, 7) is 1.98. The van der Waals surface area contributed by atoms with Crippen LogP contribution in [0.2, 0.25) is 0 Å². The molecule has 0 bridgehead atoms. The van der Waals surface area contributed by atoms with Crippen molar-refractivity contribution in [2.75, 3.05) is 0 Å². The molecule has 1 aliphatic carbocycles. The van der Waals surface area contributed by atoms with E-state index in [-0.39, 0.29) is 6.42 Å². The number of fused-ring (bicyclic) bond motifs is 1. The molecule has 158 valence electrons. The molecule has 1 fully saturated rings. The highest BCUT2D eigenvalue weighted by molar-refractivity contribution is 5.84. The van der Waals surface area contributed by atoms with Gasteiger partial charge >= 0.3 is 5.97 Å². The van der Waals surface area contributed by atoms with Gasteiger partial charge in [-0.2, -0.15) is 4.98 Å². The highest BCUT2D eigenvalue weighted by Gasteiger charge is 2.19. The highest BCUT2D eigenvalue weighted by atomic mass is 16.5. The second-order valence-corrected chi connectivity index (χ2v) is 8.40. The summed E-state index contributed by atoms with van der Waals surface area (Å²) < 4.78 is 7.98. The summed E-state index contributed by atoms with van der Waals surface area (Å²) in [5, 5.41) is 14.3. The molecule has 0 saturated heterocycles. The van der Waals surface area contributed by atoms with Crippen LogP contribution in [0, 0.1) is 6.92 Å². The smallest absolute Gasteiger partial charge is 0.303 e. The fourth-order valence-corrected chi connectivity index (χ4v) is 4.63. The first-order chi connectivity index (χ1) is 15.1. The Morgan fingerprint density at radius 3 is 2.77 bits per heavy atom. The lowest BCUT2D eigenvalue weighted by molar-refractivity contribution is -0.136. The predicted molar refractivity (Wildman–Crippen MR) is 119 cm³/mol. The molecular formula is C25H25N3O3. The number of aryl methyl sites for hydroxylation is 2. The van der Waals surface area contributed by atoms with E-state index in [1.807, 2.05) is 31.2 Å². The number of carboxylic acids is 1. The molecule has 0 unspecified atom stereocenters. The van der Waals surface area contributed by atoms with Crippen molar-refractivity contribution >= 4 is 16.9 Å². The Hall–Kier alpha value is -3.41. The van der Waals surface area contributed by atoms with Gasteiger partial charge in [-0.25, -0.2) is 0 Å². The summed E-state index contributed by atoms with van der Waals surface area (Å²) in [6.07, 6.45) is 7.96. The first kappa shape index (κ1) is 19.5. The Bertz CT molecular complexity index is 1250. The third-order valence-electron chi connectivity index (χ3n) is 6.27. The number of benzene rings is 2. The molecule has 5 rings (SSSR count). The van der Waals surface area contributed by atoms with Crippen molar-refractivity contribution < 1.29 is 14.4 Å². The molecule has 0 amide bonds. The third-order valence-corrected chi connectivity index (χ3v) is 6.27. The number of aromatic nitrogens is 3. The minimum absolute atomic E-state index is 0.121. The molecule has 2 aromatic carbocycles. The molecule has 0 atom stereocenters. The SMILES string of the molecule is Cc1cc(CCC(=O)O)ccc1-c1noc(-c2ccc3c(ccn3C3CCCC3)c2)n1. The quantitative estimate of drug-likeness (QED) is 0.430. The number of aliphatic carboxylic acids is 1. The van der Waals surface area contributed by atoms with Crippen LogP contribution in [-0.4, -0.2) is 25.8 Å². The zero-order valence-corrected chi connectivity index (χ0v) is 17.5. The number of rotatable bonds is 6. The Morgan fingerprint density at radius 2 is 2.00 bits per heavy atom. The van der Waals surface area contributed by atoms with E-state index in [0.717, 1.165) is 22.3 Å². The summed E-state index contributed by atoms with van der Waals surface area (Å²) in [7, 11) is 0.